The lowest BCUT2D eigenvalue weighted by molar-refractivity contribution is -0.132. The number of likely N-dealkylation sites (tertiary alicyclic amines) is 1. The van der Waals surface area contributed by atoms with Crippen molar-refractivity contribution in [1.82, 2.24) is 24.8 Å². The second kappa shape index (κ2) is 9.40. The predicted molar refractivity (Wildman–Crippen MR) is 129 cm³/mol. The molecule has 2 N–H and O–H groups in total. The highest BCUT2D eigenvalue weighted by atomic mass is 16.2. The van der Waals surface area contributed by atoms with Crippen molar-refractivity contribution in [3.8, 4) is 0 Å². The first kappa shape index (κ1) is 21.1. The standard InChI is InChI=1S/C26H28N6O/c1-18-13-21(31-25-16-27-10-11-28-25)14-24(30-18)20-5-4-12-32(17-20)26(33)9-8-19-15-29-23-7-3-2-6-22(19)23/h2-3,6-7,10-11,13-16,20,29H,4-5,8-9,12,17H2,1H3,(H,28,30,31)/t20-/m1/s1. The van der Waals surface area contributed by atoms with Gasteiger partial charge in [-0.25, -0.2) is 4.98 Å². The zero-order valence-electron chi connectivity index (χ0n) is 18.8. The SMILES string of the molecule is Cc1cc(Nc2cnccn2)cc([C@@H]2CCCN(C(=O)CCc3c[nH]c4ccccc34)C2)n1. The number of benzene rings is 1. The number of para-hydroxylation sites is 1. The number of carbonyl (C=O) groups is 1. The number of aromatic amines is 1. The van der Waals surface area contributed by atoms with E-state index in [1.54, 1.807) is 18.6 Å². The Balaban J connectivity index is 1.25. The average molecular weight is 441 g/mol. The molecule has 0 radical (unpaired) electrons. The van der Waals surface area contributed by atoms with Crippen LogP contribution in [0, 0.1) is 6.92 Å². The molecule has 1 amide bonds. The molecule has 4 heterocycles. The van der Waals surface area contributed by atoms with Gasteiger partial charge in [0.15, 0.2) is 0 Å². The molecule has 0 spiro atoms. The van der Waals surface area contributed by atoms with Gasteiger partial charge in [-0.2, -0.15) is 0 Å². The molecule has 1 atom stereocenters. The van der Waals surface area contributed by atoms with Gasteiger partial charge in [0.1, 0.15) is 5.82 Å². The molecular formula is C26H28N6O. The van der Waals surface area contributed by atoms with Crippen LogP contribution in [0.25, 0.3) is 10.9 Å². The summed E-state index contributed by atoms with van der Waals surface area (Å²) in [5, 5.41) is 4.51. The van der Waals surface area contributed by atoms with Crippen molar-refractivity contribution in [3.63, 3.8) is 0 Å². The quantitative estimate of drug-likeness (QED) is 0.452. The number of aryl methyl sites for hydroxylation is 2. The molecule has 1 aliphatic heterocycles. The number of aromatic nitrogens is 4. The second-order valence-corrected chi connectivity index (χ2v) is 8.68. The molecule has 0 bridgehead atoms. The molecule has 3 aromatic heterocycles. The number of H-pyrrole nitrogens is 1. The van der Waals surface area contributed by atoms with Gasteiger partial charge in [-0.1, -0.05) is 18.2 Å². The number of carbonyl (C=O) groups excluding carboxylic acids is 1. The van der Waals surface area contributed by atoms with Crippen LogP contribution in [0.3, 0.4) is 0 Å². The summed E-state index contributed by atoms with van der Waals surface area (Å²) in [5.41, 5.74) is 5.24. The fourth-order valence-corrected chi connectivity index (χ4v) is 4.67. The largest absolute Gasteiger partial charge is 0.361 e. The number of anilines is 2. The Morgan fingerprint density at radius 3 is 3.03 bits per heavy atom. The van der Waals surface area contributed by atoms with E-state index < -0.39 is 0 Å². The first-order chi connectivity index (χ1) is 16.2. The highest BCUT2D eigenvalue weighted by molar-refractivity contribution is 5.84. The molecule has 1 aliphatic rings. The Morgan fingerprint density at radius 2 is 2.15 bits per heavy atom. The van der Waals surface area contributed by atoms with Crippen LogP contribution in [0.2, 0.25) is 0 Å². The first-order valence-electron chi connectivity index (χ1n) is 11.5. The van der Waals surface area contributed by atoms with Crippen molar-refractivity contribution in [2.45, 2.75) is 38.5 Å². The third kappa shape index (κ3) is 4.87. The fourth-order valence-electron chi connectivity index (χ4n) is 4.67. The van der Waals surface area contributed by atoms with Crippen molar-refractivity contribution in [2.24, 2.45) is 0 Å². The summed E-state index contributed by atoms with van der Waals surface area (Å²) in [5.74, 6) is 1.15. The maximum atomic E-state index is 13.0. The van der Waals surface area contributed by atoms with E-state index in [2.05, 4.69) is 38.5 Å². The molecule has 1 aromatic carbocycles. The molecule has 4 aromatic rings. The number of fused-ring (bicyclic) bond motifs is 1. The molecule has 1 saturated heterocycles. The minimum Gasteiger partial charge on any atom is -0.361 e. The van der Waals surface area contributed by atoms with Gasteiger partial charge in [0, 0.05) is 72.0 Å². The van der Waals surface area contributed by atoms with E-state index in [1.807, 2.05) is 36.2 Å². The van der Waals surface area contributed by atoms with Crippen molar-refractivity contribution in [2.75, 3.05) is 18.4 Å². The lowest BCUT2D eigenvalue weighted by atomic mass is 9.93. The Kier molecular flexibility index (Phi) is 6.02. The molecular weight excluding hydrogens is 412 g/mol. The first-order valence-corrected chi connectivity index (χ1v) is 11.5. The smallest absolute Gasteiger partial charge is 0.222 e. The Labute approximate surface area is 193 Å². The van der Waals surface area contributed by atoms with E-state index in [-0.39, 0.29) is 11.8 Å². The van der Waals surface area contributed by atoms with Gasteiger partial charge in [-0.05, 0) is 49.9 Å². The Morgan fingerprint density at radius 1 is 1.24 bits per heavy atom. The number of piperidine rings is 1. The van der Waals surface area contributed by atoms with Crippen LogP contribution < -0.4 is 5.32 Å². The molecule has 7 nitrogen and oxygen atoms in total. The summed E-state index contributed by atoms with van der Waals surface area (Å²) < 4.78 is 0. The van der Waals surface area contributed by atoms with Gasteiger partial charge in [0.05, 0.1) is 6.20 Å². The maximum absolute atomic E-state index is 13.0. The molecule has 0 saturated carbocycles. The molecule has 5 rings (SSSR count). The highest BCUT2D eigenvalue weighted by Gasteiger charge is 2.26. The third-order valence-corrected chi connectivity index (χ3v) is 6.28. The molecule has 0 unspecified atom stereocenters. The van der Waals surface area contributed by atoms with Gasteiger partial charge in [0.25, 0.3) is 0 Å². The van der Waals surface area contributed by atoms with Gasteiger partial charge in [0.2, 0.25) is 5.91 Å². The Hall–Kier alpha value is -3.74. The van der Waals surface area contributed by atoms with Gasteiger partial charge in [-0.15, -0.1) is 0 Å². The van der Waals surface area contributed by atoms with E-state index in [0.717, 1.165) is 48.4 Å². The molecule has 0 aliphatic carbocycles. The summed E-state index contributed by atoms with van der Waals surface area (Å²) in [6.07, 6.45) is 10.3. The van der Waals surface area contributed by atoms with Crippen LogP contribution in [-0.4, -0.2) is 43.8 Å². The van der Waals surface area contributed by atoms with E-state index in [4.69, 9.17) is 4.98 Å². The van der Waals surface area contributed by atoms with E-state index in [1.165, 1.54) is 10.9 Å². The summed E-state index contributed by atoms with van der Waals surface area (Å²) in [4.78, 5) is 31.6. The lowest BCUT2D eigenvalue weighted by Crippen LogP contribution is -2.39. The highest BCUT2D eigenvalue weighted by Crippen LogP contribution is 2.29. The normalized spacial score (nSPS) is 16.2. The van der Waals surface area contributed by atoms with Crippen LogP contribution in [0.1, 0.15) is 42.1 Å². The minimum atomic E-state index is 0.218. The number of hydrogen-bond acceptors (Lipinski definition) is 5. The zero-order valence-corrected chi connectivity index (χ0v) is 18.8. The summed E-state index contributed by atoms with van der Waals surface area (Å²) in [6.45, 7) is 3.53. The minimum absolute atomic E-state index is 0.218. The topological polar surface area (TPSA) is 86.8 Å². The van der Waals surface area contributed by atoms with Gasteiger partial charge in [-0.3, -0.25) is 14.8 Å². The number of pyridine rings is 1. The van der Waals surface area contributed by atoms with Crippen molar-refractivity contribution < 1.29 is 4.79 Å². The summed E-state index contributed by atoms with van der Waals surface area (Å²) in [7, 11) is 0. The molecule has 33 heavy (non-hydrogen) atoms. The second-order valence-electron chi connectivity index (χ2n) is 8.68. The van der Waals surface area contributed by atoms with Gasteiger partial charge < -0.3 is 15.2 Å². The monoisotopic (exact) mass is 440 g/mol. The number of nitrogens with one attached hydrogen (secondary N) is 2. The van der Waals surface area contributed by atoms with Crippen molar-refractivity contribution >= 4 is 28.3 Å². The fraction of sp³-hybridized carbons (Fsp3) is 0.308. The van der Waals surface area contributed by atoms with E-state index >= 15 is 0 Å². The van der Waals surface area contributed by atoms with E-state index in [9.17, 15) is 4.79 Å². The number of nitrogens with zero attached hydrogens (tertiary/aromatic N) is 4. The van der Waals surface area contributed by atoms with Crippen LogP contribution in [0.5, 0.6) is 0 Å². The summed E-state index contributed by atoms with van der Waals surface area (Å²) in [6, 6.07) is 12.3. The average Bonchev–Trinajstić information content (AvgIpc) is 3.26. The predicted octanol–water partition coefficient (Wildman–Crippen LogP) is 4.74. The van der Waals surface area contributed by atoms with Crippen LogP contribution in [-0.2, 0) is 11.2 Å². The maximum Gasteiger partial charge on any atom is 0.222 e. The van der Waals surface area contributed by atoms with Crippen LogP contribution >= 0.6 is 0 Å². The van der Waals surface area contributed by atoms with Crippen molar-refractivity contribution in [3.05, 3.63) is 78.1 Å². The van der Waals surface area contributed by atoms with Crippen LogP contribution in [0.15, 0.2) is 61.2 Å². The lowest BCUT2D eigenvalue weighted by Gasteiger charge is -2.33. The summed E-state index contributed by atoms with van der Waals surface area (Å²) >= 11 is 0. The third-order valence-electron chi connectivity index (χ3n) is 6.28. The van der Waals surface area contributed by atoms with E-state index in [0.29, 0.717) is 18.8 Å². The van der Waals surface area contributed by atoms with Crippen molar-refractivity contribution in [1.29, 1.82) is 0 Å². The zero-order chi connectivity index (χ0) is 22.6. The van der Waals surface area contributed by atoms with Gasteiger partial charge >= 0.3 is 0 Å². The van der Waals surface area contributed by atoms with Crippen LogP contribution in [0.4, 0.5) is 11.5 Å². The number of amides is 1. The molecule has 1 fully saturated rings. The number of hydrogen-bond donors (Lipinski definition) is 2. The molecule has 7 heteroatoms. The number of rotatable bonds is 6. The molecule has 168 valence electrons. The Bertz CT molecular complexity index is 1250.